The Bertz CT molecular complexity index is 1170. The lowest BCUT2D eigenvalue weighted by Crippen LogP contribution is -2.42. The molecule has 0 aliphatic heterocycles. The van der Waals surface area contributed by atoms with Crippen LogP contribution in [0.5, 0.6) is 0 Å². The van der Waals surface area contributed by atoms with Crippen molar-refractivity contribution < 1.29 is 19.0 Å². The van der Waals surface area contributed by atoms with Crippen molar-refractivity contribution in [2.45, 2.75) is 25.8 Å². The van der Waals surface area contributed by atoms with Crippen LogP contribution in [0.4, 0.5) is 20.8 Å². The van der Waals surface area contributed by atoms with Gasteiger partial charge >= 0.3 is 6.09 Å². The average molecular weight is 485 g/mol. The molecule has 0 aliphatic carbocycles. The van der Waals surface area contributed by atoms with Crippen molar-refractivity contribution in [2.75, 3.05) is 18.5 Å². The molecular formula is C25H26ClFN4O3. The van der Waals surface area contributed by atoms with Gasteiger partial charge in [-0.05, 0) is 44.0 Å². The molecule has 0 aliphatic rings. The van der Waals surface area contributed by atoms with Crippen molar-refractivity contribution in [3.05, 3.63) is 83.3 Å². The topological polar surface area (TPSA) is 96.4 Å². The Balaban J connectivity index is 1.82. The van der Waals surface area contributed by atoms with Crippen molar-refractivity contribution in [1.82, 2.24) is 15.3 Å². The molecule has 3 rings (SSSR count). The van der Waals surface area contributed by atoms with Gasteiger partial charge in [-0.2, -0.15) is 0 Å². The first-order valence-corrected chi connectivity index (χ1v) is 11.0. The first-order chi connectivity index (χ1) is 16.2. The SMILES string of the molecule is C=CCOC(=O)NC(C)(C)c1ccc(-c2nc(Nc3ccc(CCO)cc3)ncc2Cl)cc1F. The fraction of sp³-hybridized carbons (Fsp3) is 0.240. The third-order valence-corrected chi connectivity index (χ3v) is 5.29. The van der Waals surface area contributed by atoms with Gasteiger partial charge in [0.25, 0.3) is 0 Å². The number of ether oxygens (including phenoxy) is 1. The van der Waals surface area contributed by atoms with Gasteiger partial charge in [-0.15, -0.1) is 0 Å². The predicted molar refractivity (Wildman–Crippen MR) is 131 cm³/mol. The van der Waals surface area contributed by atoms with Crippen LogP contribution in [0.1, 0.15) is 25.0 Å². The molecule has 9 heteroatoms. The first kappa shape index (κ1) is 25.1. The lowest BCUT2D eigenvalue weighted by molar-refractivity contribution is 0.147. The quantitative estimate of drug-likeness (QED) is 0.354. The van der Waals surface area contributed by atoms with Crippen LogP contribution >= 0.6 is 11.6 Å². The first-order valence-electron chi connectivity index (χ1n) is 10.6. The summed E-state index contributed by atoms with van der Waals surface area (Å²) in [5, 5.41) is 15.0. The zero-order valence-corrected chi connectivity index (χ0v) is 19.7. The van der Waals surface area contributed by atoms with E-state index in [1.54, 1.807) is 26.0 Å². The van der Waals surface area contributed by atoms with Gasteiger partial charge in [0, 0.05) is 23.4 Å². The number of hydrogen-bond donors (Lipinski definition) is 3. The minimum atomic E-state index is -1.02. The van der Waals surface area contributed by atoms with Crippen LogP contribution in [-0.4, -0.2) is 34.4 Å². The van der Waals surface area contributed by atoms with E-state index >= 15 is 4.39 Å². The van der Waals surface area contributed by atoms with Crippen LogP contribution in [0.2, 0.25) is 5.02 Å². The van der Waals surface area contributed by atoms with Crippen LogP contribution in [0.3, 0.4) is 0 Å². The number of aliphatic hydroxyl groups is 1. The zero-order valence-electron chi connectivity index (χ0n) is 18.9. The maximum atomic E-state index is 15.1. The molecule has 0 spiro atoms. The van der Waals surface area contributed by atoms with Gasteiger partial charge < -0.3 is 20.5 Å². The number of halogens is 2. The summed E-state index contributed by atoms with van der Waals surface area (Å²) in [7, 11) is 0. The molecule has 0 atom stereocenters. The highest BCUT2D eigenvalue weighted by Crippen LogP contribution is 2.31. The summed E-state index contributed by atoms with van der Waals surface area (Å²) in [5.41, 5.74) is 1.84. The lowest BCUT2D eigenvalue weighted by Gasteiger charge is -2.27. The standard InChI is InChI=1S/C25H26ClFN4O3/c1-4-13-34-24(33)31-25(2,3)19-10-7-17(14-21(19)27)22-20(26)15-28-23(30-22)29-18-8-5-16(6-9-18)11-12-32/h4-10,14-15,32H,1,11-13H2,2-3H3,(H,31,33)(H,28,29,30). The number of amides is 1. The Morgan fingerprint density at radius 3 is 2.65 bits per heavy atom. The molecule has 3 aromatic rings. The van der Waals surface area contributed by atoms with Crippen molar-refractivity contribution in [1.29, 1.82) is 0 Å². The Labute approximate surface area is 202 Å². The lowest BCUT2D eigenvalue weighted by atomic mass is 9.92. The molecule has 0 saturated carbocycles. The molecule has 0 bridgehead atoms. The number of alkyl carbamates (subject to hydrolysis) is 1. The second kappa shape index (κ2) is 11.1. The fourth-order valence-corrected chi connectivity index (χ4v) is 3.51. The summed E-state index contributed by atoms with van der Waals surface area (Å²) in [6.45, 7) is 6.97. The molecule has 1 aromatic heterocycles. The van der Waals surface area contributed by atoms with Crippen molar-refractivity contribution in [3.63, 3.8) is 0 Å². The fourth-order valence-electron chi connectivity index (χ4n) is 3.31. The number of nitrogens with zero attached hydrogens (tertiary/aromatic N) is 2. The second-order valence-electron chi connectivity index (χ2n) is 8.02. The van der Waals surface area contributed by atoms with Crippen molar-refractivity contribution >= 4 is 29.3 Å². The van der Waals surface area contributed by atoms with E-state index < -0.39 is 17.4 Å². The second-order valence-corrected chi connectivity index (χ2v) is 8.42. The summed E-state index contributed by atoms with van der Waals surface area (Å²) >= 11 is 6.31. The van der Waals surface area contributed by atoms with E-state index in [9.17, 15) is 4.79 Å². The van der Waals surface area contributed by atoms with Crippen molar-refractivity contribution in [3.8, 4) is 11.3 Å². The predicted octanol–water partition coefficient (Wildman–Crippen LogP) is 5.36. The number of carbonyl (C=O) groups is 1. The van der Waals surface area contributed by atoms with Crippen LogP contribution in [-0.2, 0) is 16.7 Å². The van der Waals surface area contributed by atoms with E-state index in [4.69, 9.17) is 21.4 Å². The van der Waals surface area contributed by atoms with Gasteiger partial charge in [0.05, 0.1) is 22.5 Å². The third kappa shape index (κ3) is 6.30. The van der Waals surface area contributed by atoms with Crippen LogP contribution in [0.25, 0.3) is 11.3 Å². The van der Waals surface area contributed by atoms with E-state index in [-0.39, 0.29) is 23.8 Å². The monoisotopic (exact) mass is 484 g/mol. The molecule has 0 radical (unpaired) electrons. The number of hydrogen-bond acceptors (Lipinski definition) is 6. The minimum absolute atomic E-state index is 0.0543. The van der Waals surface area contributed by atoms with E-state index in [1.165, 1.54) is 18.3 Å². The van der Waals surface area contributed by atoms with Gasteiger partial charge in [-0.1, -0.05) is 48.5 Å². The number of aromatic nitrogens is 2. The number of anilines is 2. The Kier molecular flexibility index (Phi) is 8.20. The molecule has 34 heavy (non-hydrogen) atoms. The number of benzene rings is 2. The van der Waals surface area contributed by atoms with Gasteiger partial charge in [0.1, 0.15) is 12.4 Å². The van der Waals surface area contributed by atoms with Gasteiger partial charge in [-0.3, -0.25) is 0 Å². The molecule has 0 saturated heterocycles. The Hall–Kier alpha value is -3.49. The van der Waals surface area contributed by atoms with E-state index in [1.807, 2.05) is 24.3 Å². The van der Waals surface area contributed by atoms with Gasteiger partial charge in [0.2, 0.25) is 5.95 Å². The molecule has 7 nitrogen and oxygen atoms in total. The van der Waals surface area contributed by atoms with E-state index in [2.05, 4.69) is 27.2 Å². The van der Waals surface area contributed by atoms with E-state index in [0.29, 0.717) is 23.6 Å². The highest BCUT2D eigenvalue weighted by molar-refractivity contribution is 6.32. The van der Waals surface area contributed by atoms with Crippen LogP contribution < -0.4 is 10.6 Å². The van der Waals surface area contributed by atoms with Crippen LogP contribution in [0, 0.1) is 5.82 Å². The zero-order chi connectivity index (χ0) is 24.7. The Morgan fingerprint density at radius 2 is 2.00 bits per heavy atom. The molecule has 0 fully saturated rings. The summed E-state index contributed by atoms with van der Waals surface area (Å²) in [5.74, 6) is -0.235. The molecule has 1 heterocycles. The number of rotatable bonds is 9. The van der Waals surface area contributed by atoms with Gasteiger partial charge in [0.15, 0.2) is 0 Å². The van der Waals surface area contributed by atoms with Gasteiger partial charge in [-0.25, -0.2) is 19.2 Å². The summed E-state index contributed by atoms with van der Waals surface area (Å²) < 4.78 is 20.0. The summed E-state index contributed by atoms with van der Waals surface area (Å²) in [6.07, 6.45) is 2.79. The van der Waals surface area contributed by atoms with E-state index in [0.717, 1.165) is 11.3 Å². The largest absolute Gasteiger partial charge is 0.445 e. The van der Waals surface area contributed by atoms with Crippen LogP contribution in [0.15, 0.2) is 61.3 Å². The molecule has 178 valence electrons. The normalized spacial score (nSPS) is 11.1. The molecule has 0 unspecified atom stereocenters. The molecule has 1 amide bonds. The third-order valence-electron chi connectivity index (χ3n) is 5.02. The minimum Gasteiger partial charge on any atom is -0.445 e. The number of carbonyl (C=O) groups excluding carboxylic acids is 1. The average Bonchev–Trinajstić information content (AvgIpc) is 2.80. The molecular weight excluding hydrogens is 459 g/mol. The number of nitrogens with one attached hydrogen (secondary N) is 2. The highest BCUT2D eigenvalue weighted by atomic mass is 35.5. The summed E-state index contributed by atoms with van der Waals surface area (Å²) in [4.78, 5) is 20.6. The highest BCUT2D eigenvalue weighted by Gasteiger charge is 2.27. The summed E-state index contributed by atoms with van der Waals surface area (Å²) in [6, 6.07) is 12.1. The maximum absolute atomic E-state index is 15.1. The smallest absolute Gasteiger partial charge is 0.408 e. The van der Waals surface area contributed by atoms with Crippen molar-refractivity contribution in [2.24, 2.45) is 0 Å². The molecule has 2 aromatic carbocycles. The Morgan fingerprint density at radius 1 is 1.26 bits per heavy atom. The maximum Gasteiger partial charge on any atom is 0.408 e. The number of aliphatic hydroxyl groups excluding tert-OH is 1. The molecule has 3 N–H and O–H groups in total.